The Labute approximate surface area is 167 Å². The molecule has 0 aliphatic heterocycles. The molecule has 0 aromatic heterocycles. The van der Waals surface area contributed by atoms with E-state index in [0.717, 1.165) is 28.1 Å². The summed E-state index contributed by atoms with van der Waals surface area (Å²) >= 11 is 0. The molecule has 0 aliphatic rings. The zero-order valence-corrected chi connectivity index (χ0v) is 16.5. The van der Waals surface area contributed by atoms with Gasteiger partial charge in [0.15, 0.2) is 0 Å². The Morgan fingerprint density at radius 1 is 0.931 bits per heavy atom. The lowest BCUT2D eigenvalue weighted by Gasteiger charge is -2.20. The summed E-state index contributed by atoms with van der Waals surface area (Å²) in [5.74, 6) is -2.69. The lowest BCUT2D eigenvalue weighted by molar-refractivity contribution is 0.102. The molecule has 1 amide bonds. The van der Waals surface area contributed by atoms with Crippen LogP contribution in [0, 0.1) is 18.6 Å². The first kappa shape index (κ1) is 20.5. The summed E-state index contributed by atoms with van der Waals surface area (Å²) in [6.07, 6.45) is 0. The number of carbonyl (C=O) groups is 1. The molecule has 0 saturated carbocycles. The summed E-state index contributed by atoms with van der Waals surface area (Å²) in [5.41, 5.74) is 0.715. The molecule has 0 atom stereocenters. The SMILES string of the molecule is Cc1cccc(N(C)S(=O)(=O)c2cccc(C(=O)Nc3c(F)cccc3F)c2)c1. The van der Waals surface area contributed by atoms with Crippen molar-refractivity contribution in [3.8, 4) is 0 Å². The Morgan fingerprint density at radius 2 is 1.55 bits per heavy atom. The highest BCUT2D eigenvalue weighted by Crippen LogP contribution is 2.24. The fourth-order valence-electron chi connectivity index (χ4n) is 2.72. The molecule has 5 nitrogen and oxygen atoms in total. The first-order valence-corrected chi connectivity index (χ1v) is 10.0. The van der Waals surface area contributed by atoms with Gasteiger partial charge in [0.25, 0.3) is 15.9 Å². The molecule has 150 valence electrons. The van der Waals surface area contributed by atoms with Crippen molar-refractivity contribution >= 4 is 27.3 Å². The molecule has 0 aliphatic carbocycles. The van der Waals surface area contributed by atoms with E-state index in [0.29, 0.717) is 5.69 Å². The predicted molar refractivity (Wildman–Crippen MR) is 108 cm³/mol. The number of rotatable bonds is 5. The van der Waals surface area contributed by atoms with Crippen LogP contribution in [0.3, 0.4) is 0 Å². The van der Waals surface area contributed by atoms with E-state index in [1.807, 2.05) is 13.0 Å². The summed E-state index contributed by atoms with van der Waals surface area (Å²) in [4.78, 5) is 12.3. The Morgan fingerprint density at radius 3 is 2.21 bits per heavy atom. The Bertz CT molecular complexity index is 1160. The van der Waals surface area contributed by atoms with Gasteiger partial charge in [-0.25, -0.2) is 17.2 Å². The van der Waals surface area contributed by atoms with Crippen LogP contribution in [0.4, 0.5) is 20.2 Å². The summed E-state index contributed by atoms with van der Waals surface area (Å²) in [7, 11) is -2.54. The van der Waals surface area contributed by atoms with Crippen LogP contribution in [0.1, 0.15) is 15.9 Å². The third-order valence-electron chi connectivity index (χ3n) is 4.32. The van der Waals surface area contributed by atoms with E-state index in [2.05, 4.69) is 5.32 Å². The van der Waals surface area contributed by atoms with Gasteiger partial charge in [-0.3, -0.25) is 9.10 Å². The van der Waals surface area contributed by atoms with Crippen molar-refractivity contribution in [1.29, 1.82) is 0 Å². The first-order valence-electron chi connectivity index (χ1n) is 8.61. The second-order valence-corrected chi connectivity index (χ2v) is 8.36. The van der Waals surface area contributed by atoms with Gasteiger partial charge in [0.2, 0.25) is 0 Å². The van der Waals surface area contributed by atoms with Gasteiger partial charge in [0.05, 0.1) is 10.6 Å². The Balaban J connectivity index is 1.91. The summed E-state index contributed by atoms with van der Waals surface area (Å²) in [5, 5.41) is 2.14. The average molecular weight is 416 g/mol. The van der Waals surface area contributed by atoms with Crippen molar-refractivity contribution < 1.29 is 22.0 Å². The molecular weight excluding hydrogens is 398 g/mol. The quantitative estimate of drug-likeness (QED) is 0.672. The molecule has 29 heavy (non-hydrogen) atoms. The topological polar surface area (TPSA) is 66.5 Å². The first-order chi connectivity index (χ1) is 13.7. The highest BCUT2D eigenvalue weighted by molar-refractivity contribution is 7.92. The maximum Gasteiger partial charge on any atom is 0.264 e. The fourth-order valence-corrected chi connectivity index (χ4v) is 3.96. The molecule has 0 heterocycles. The number of para-hydroxylation sites is 1. The third-order valence-corrected chi connectivity index (χ3v) is 6.10. The zero-order chi connectivity index (χ0) is 21.2. The van der Waals surface area contributed by atoms with Crippen molar-refractivity contribution in [3.63, 3.8) is 0 Å². The summed E-state index contributed by atoms with van der Waals surface area (Å²) in [6, 6.07) is 15.4. The van der Waals surface area contributed by atoms with E-state index < -0.39 is 33.3 Å². The van der Waals surface area contributed by atoms with Crippen LogP contribution in [0.25, 0.3) is 0 Å². The second-order valence-electron chi connectivity index (χ2n) is 6.39. The van der Waals surface area contributed by atoms with Crippen molar-refractivity contribution in [2.45, 2.75) is 11.8 Å². The monoisotopic (exact) mass is 416 g/mol. The zero-order valence-electron chi connectivity index (χ0n) is 15.7. The molecule has 0 unspecified atom stereocenters. The largest absolute Gasteiger partial charge is 0.317 e. The molecule has 3 rings (SSSR count). The summed E-state index contributed by atoms with van der Waals surface area (Å²) in [6.45, 7) is 1.84. The van der Waals surface area contributed by atoms with E-state index in [9.17, 15) is 22.0 Å². The maximum atomic E-state index is 13.8. The molecule has 3 aromatic carbocycles. The summed E-state index contributed by atoms with van der Waals surface area (Å²) < 4.78 is 54.6. The van der Waals surface area contributed by atoms with Gasteiger partial charge in [-0.05, 0) is 55.0 Å². The average Bonchev–Trinajstić information content (AvgIpc) is 2.70. The fraction of sp³-hybridized carbons (Fsp3) is 0.0952. The minimum Gasteiger partial charge on any atom is -0.317 e. The Kier molecular flexibility index (Phi) is 5.65. The van der Waals surface area contributed by atoms with Crippen molar-refractivity contribution in [2.24, 2.45) is 0 Å². The van der Waals surface area contributed by atoms with Gasteiger partial charge in [0.1, 0.15) is 17.3 Å². The number of nitrogens with zero attached hydrogens (tertiary/aromatic N) is 1. The highest BCUT2D eigenvalue weighted by Gasteiger charge is 2.23. The molecule has 0 saturated heterocycles. The number of amides is 1. The maximum absolute atomic E-state index is 13.8. The lowest BCUT2D eigenvalue weighted by atomic mass is 10.2. The number of carbonyl (C=O) groups excluding carboxylic acids is 1. The van der Waals surface area contributed by atoms with E-state index >= 15 is 0 Å². The van der Waals surface area contributed by atoms with Crippen LogP contribution in [0.5, 0.6) is 0 Å². The van der Waals surface area contributed by atoms with E-state index in [4.69, 9.17) is 0 Å². The van der Waals surface area contributed by atoms with Crippen molar-refractivity contribution in [2.75, 3.05) is 16.7 Å². The van der Waals surface area contributed by atoms with Gasteiger partial charge in [-0.15, -0.1) is 0 Å². The second kappa shape index (κ2) is 8.00. The number of nitrogens with one attached hydrogen (secondary N) is 1. The number of halogens is 2. The third kappa shape index (κ3) is 4.27. The van der Waals surface area contributed by atoms with Crippen LogP contribution in [-0.4, -0.2) is 21.4 Å². The van der Waals surface area contributed by atoms with Crippen LogP contribution in [-0.2, 0) is 10.0 Å². The number of hydrogen-bond acceptors (Lipinski definition) is 3. The molecule has 8 heteroatoms. The van der Waals surface area contributed by atoms with Crippen LogP contribution < -0.4 is 9.62 Å². The highest BCUT2D eigenvalue weighted by atomic mass is 32.2. The smallest absolute Gasteiger partial charge is 0.264 e. The van der Waals surface area contributed by atoms with Gasteiger partial charge >= 0.3 is 0 Å². The lowest BCUT2D eigenvalue weighted by Crippen LogP contribution is -2.27. The molecule has 0 fully saturated rings. The van der Waals surface area contributed by atoms with Gasteiger partial charge in [-0.2, -0.15) is 0 Å². The molecular formula is C21H18F2N2O3S. The van der Waals surface area contributed by atoms with E-state index in [1.165, 1.54) is 31.3 Å². The van der Waals surface area contributed by atoms with E-state index in [-0.39, 0.29) is 10.5 Å². The predicted octanol–water partition coefficient (Wildman–Crippen LogP) is 4.35. The van der Waals surface area contributed by atoms with Gasteiger partial charge in [-0.1, -0.05) is 24.3 Å². The normalized spacial score (nSPS) is 11.2. The number of hydrogen-bond donors (Lipinski definition) is 1. The van der Waals surface area contributed by atoms with E-state index in [1.54, 1.807) is 18.2 Å². The van der Waals surface area contributed by atoms with Crippen LogP contribution >= 0.6 is 0 Å². The van der Waals surface area contributed by atoms with Gasteiger partial charge < -0.3 is 5.32 Å². The van der Waals surface area contributed by atoms with Crippen molar-refractivity contribution in [1.82, 2.24) is 0 Å². The minimum atomic E-state index is -3.95. The minimum absolute atomic E-state index is 0.0497. The van der Waals surface area contributed by atoms with Crippen molar-refractivity contribution in [3.05, 3.63) is 89.5 Å². The standard InChI is InChI=1S/C21H18F2N2O3S/c1-14-6-3-8-16(12-14)25(2)29(27,28)17-9-4-7-15(13-17)21(26)24-20-18(22)10-5-11-19(20)23/h3-13H,1-2H3,(H,24,26). The molecule has 0 spiro atoms. The molecule has 0 radical (unpaired) electrons. The van der Waals surface area contributed by atoms with Crippen LogP contribution in [0.2, 0.25) is 0 Å². The molecule has 0 bridgehead atoms. The Hall–Kier alpha value is -3.26. The number of sulfonamides is 1. The van der Waals surface area contributed by atoms with Gasteiger partial charge in [0, 0.05) is 12.6 Å². The van der Waals surface area contributed by atoms with Crippen LogP contribution in [0.15, 0.2) is 71.6 Å². The number of anilines is 2. The molecule has 3 aromatic rings. The molecule has 1 N–H and O–H groups in total. The number of benzene rings is 3. The number of aryl methyl sites for hydroxylation is 1.